The highest BCUT2D eigenvalue weighted by atomic mass is 28.4. The highest BCUT2D eigenvalue weighted by molar-refractivity contribution is 6.99. The maximum Gasteiger partial charge on any atom is 0.261 e. The fraction of sp³-hybridized carbons (Fsp3) is 0.351. The van der Waals surface area contributed by atoms with Crippen LogP contribution in [0.15, 0.2) is 121 Å². The summed E-state index contributed by atoms with van der Waals surface area (Å²) in [4.78, 5) is 0. The van der Waals surface area contributed by atoms with Crippen LogP contribution in [0.4, 0.5) is 0 Å². The van der Waals surface area contributed by atoms with E-state index in [9.17, 15) is 5.11 Å². The molecule has 0 amide bonds. The minimum Gasteiger partial charge on any atom is -0.407 e. The molecule has 0 aromatic heterocycles. The maximum absolute atomic E-state index is 11.7. The van der Waals surface area contributed by atoms with Crippen LogP contribution in [0, 0.1) is 0 Å². The quantitative estimate of drug-likeness (QED) is 0.155. The predicted molar refractivity (Wildman–Crippen MR) is 175 cm³/mol. The molecule has 0 saturated heterocycles. The number of ether oxygens (including phenoxy) is 2. The smallest absolute Gasteiger partial charge is 0.261 e. The lowest BCUT2D eigenvalue weighted by Crippen LogP contribution is -2.66. The monoisotopic (exact) mass is 582 g/mol. The molecule has 0 aliphatic rings. The summed E-state index contributed by atoms with van der Waals surface area (Å²) in [6, 6.07) is 41.5. The number of rotatable bonds is 15. The number of benzene rings is 4. The van der Waals surface area contributed by atoms with Crippen molar-refractivity contribution in [2.45, 2.75) is 77.1 Å². The van der Waals surface area contributed by atoms with Crippen LogP contribution in [0.1, 0.15) is 51.7 Å². The van der Waals surface area contributed by atoms with Gasteiger partial charge in [0.1, 0.15) is 6.10 Å². The summed E-state index contributed by atoms with van der Waals surface area (Å²) in [6.45, 7) is 10.2. The molecule has 0 aliphatic carbocycles. The molecule has 0 saturated carbocycles. The molecular formula is C37H46O4Si. The van der Waals surface area contributed by atoms with Gasteiger partial charge in [-0.05, 0) is 39.4 Å². The maximum atomic E-state index is 11.7. The number of hydrogen-bond acceptors (Lipinski definition) is 4. The summed E-state index contributed by atoms with van der Waals surface area (Å²) in [5.74, 6) is 0. The van der Waals surface area contributed by atoms with Crippen molar-refractivity contribution in [3.63, 3.8) is 0 Å². The van der Waals surface area contributed by atoms with Crippen molar-refractivity contribution in [2.24, 2.45) is 0 Å². The van der Waals surface area contributed by atoms with Gasteiger partial charge in [-0.15, -0.1) is 0 Å². The van der Waals surface area contributed by atoms with E-state index in [1.165, 1.54) is 10.4 Å². The molecule has 0 bridgehead atoms. The Hall–Kier alpha value is -3.06. The topological polar surface area (TPSA) is 47.9 Å². The molecule has 4 aromatic carbocycles. The van der Waals surface area contributed by atoms with E-state index in [1.807, 2.05) is 48.5 Å². The Morgan fingerprint density at radius 1 is 0.643 bits per heavy atom. The third-order valence-electron chi connectivity index (χ3n) is 7.89. The summed E-state index contributed by atoms with van der Waals surface area (Å²) < 4.78 is 19.9. The van der Waals surface area contributed by atoms with Crippen molar-refractivity contribution in [1.29, 1.82) is 0 Å². The summed E-state index contributed by atoms with van der Waals surface area (Å²) in [5, 5.41) is 14.0. The Balaban J connectivity index is 1.54. The van der Waals surface area contributed by atoms with Gasteiger partial charge in [-0.1, -0.05) is 149 Å². The highest BCUT2D eigenvalue weighted by Crippen LogP contribution is 2.37. The molecule has 0 heterocycles. The lowest BCUT2D eigenvalue weighted by Gasteiger charge is -2.43. The van der Waals surface area contributed by atoms with E-state index in [0.717, 1.165) is 17.5 Å². The van der Waals surface area contributed by atoms with Crippen molar-refractivity contribution in [1.82, 2.24) is 0 Å². The Kier molecular flexibility index (Phi) is 11.7. The summed E-state index contributed by atoms with van der Waals surface area (Å²) in [7, 11) is -2.70. The van der Waals surface area contributed by atoms with Crippen molar-refractivity contribution in [2.75, 3.05) is 6.61 Å². The summed E-state index contributed by atoms with van der Waals surface area (Å²) >= 11 is 0. The fourth-order valence-electron chi connectivity index (χ4n) is 5.71. The van der Waals surface area contributed by atoms with Crippen LogP contribution in [0.5, 0.6) is 0 Å². The van der Waals surface area contributed by atoms with Crippen molar-refractivity contribution in [3.8, 4) is 0 Å². The highest BCUT2D eigenvalue weighted by Gasteiger charge is 2.50. The first-order valence-electron chi connectivity index (χ1n) is 15.1. The van der Waals surface area contributed by atoms with Gasteiger partial charge in [0, 0.05) is 6.61 Å². The van der Waals surface area contributed by atoms with Gasteiger partial charge in [-0.3, -0.25) is 0 Å². The lowest BCUT2D eigenvalue weighted by atomic mass is 10.0. The molecule has 0 aliphatic heterocycles. The van der Waals surface area contributed by atoms with Crippen LogP contribution in [0.25, 0.3) is 0 Å². The molecule has 5 heteroatoms. The molecule has 222 valence electrons. The zero-order valence-corrected chi connectivity index (χ0v) is 26.5. The van der Waals surface area contributed by atoms with Gasteiger partial charge in [-0.25, -0.2) is 0 Å². The van der Waals surface area contributed by atoms with Gasteiger partial charge in [0.05, 0.1) is 25.4 Å². The second-order valence-electron chi connectivity index (χ2n) is 11.9. The van der Waals surface area contributed by atoms with Gasteiger partial charge < -0.3 is 19.0 Å². The zero-order chi connectivity index (χ0) is 29.8. The van der Waals surface area contributed by atoms with E-state index in [4.69, 9.17) is 13.9 Å². The van der Waals surface area contributed by atoms with E-state index in [0.29, 0.717) is 26.2 Å². The van der Waals surface area contributed by atoms with Gasteiger partial charge in [0.15, 0.2) is 0 Å². The second kappa shape index (κ2) is 15.4. The van der Waals surface area contributed by atoms with Crippen LogP contribution in [0.2, 0.25) is 5.04 Å². The first-order chi connectivity index (χ1) is 20.3. The first-order valence-corrected chi connectivity index (χ1v) is 17.0. The van der Waals surface area contributed by atoms with E-state index in [2.05, 4.69) is 100 Å². The molecule has 0 radical (unpaired) electrons. The second-order valence-corrected chi connectivity index (χ2v) is 16.2. The molecule has 3 atom stereocenters. The van der Waals surface area contributed by atoms with Crippen LogP contribution < -0.4 is 10.4 Å². The number of aliphatic hydroxyl groups is 1. The standard InChI is InChI=1S/C37H46O4Si/c1-5-35(39-28-30-18-10-6-11-19-30)36(40-29-31-20-12-7-13-21-31)34(38)26-27-41-42(37(2,3)4,32-22-14-8-15-23-32)33-24-16-9-17-25-33/h6-25,34-36,38H,5,26-29H2,1-4H3. The summed E-state index contributed by atoms with van der Waals surface area (Å²) in [5.41, 5.74) is 2.17. The first kappa shape index (κ1) is 31.9. The molecule has 0 spiro atoms. The molecule has 1 N–H and O–H groups in total. The van der Waals surface area contributed by atoms with E-state index in [-0.39, 0.29) is 11.1 Å². The van der Waals surface area contributed by atoms with Crippen LogP contribution in [0.3, 0.4) is 0 Å². The normalized spacial score (nSPS) is 14.3. The molecule has 4 aromatic rings. The van der Waals surface area contributed by atoms with Crippen LogP contribution in [-0.4, -0.2) is 38.3 Å². The van der Waals surface area contributed by atoms with Crippen molar-refractivity contribution >= 4 is 18.7 Å². The van der Waals surface area contributed by atoms with Gasteiger partial charge in [-0.2, -0.15) is 0 Å². The fourth-order valence-corrected chi connectivity index (χ4v) is 10.3. The third kappa shape index (κ3) is 8.06. The molecule has 0 fully saturated rings. The lowest BCUT2D eigenvalue weighted by molar-refractivity contribution is -0.136. The molecule has 42 heavy (non-hydrogen) atoms. The van der Waals surface area contributed by atoms with Crippen LogP contribution >= 0.6 is 0 Å². The third-order valence-corrected chi connectivity index (χ3v) is 12.9. The van der Waals surface area contributed by atoms with Gasteiger partial charge in [0.25, 0.3) is 8.32 Å². The Bertz CT molecular complexity index is 1250. The minimum atomic E-state index is -2.70. The van der Waals surface area contributed by atoms with Crippen LogP contribution in [-0.2, 0) is 27.1 Å². The Morgan fingerprint density at radius 3 is 1.50 bits per heavy atom. The SMILES string of the molecule is CCC(OCc1ccccc1)C(OCc1ccccc1)C(O)CCO[Si](c1ccccc1)(c1ccccc1)C(C)(C)C. The largest absolute Gasteiger partial charge is 0.407 e. The Morgan fingerprint density at radius 2 is 1.07 bits per heavy atom. The van der Waals surface area contributed by atoms with Gasteiger partial charge in [0.2, 0.25) is 0 Å². The Labute approximate surface area is 253 Å². The molecule has 4 rings (SSSR count). The summed E-state index contributed by atoms with van der Waals surface area (Å²) in [6.07, 6.45) is -0.361. The van der Waals surface area contributed by atoms with E-state index in [1.54, 1.807) is 0 Å². The minimum absolute atomic E-state index is 0.130. The van der Waals surface area contributed by atoms with E-state index < -0.39 is 20.5 Å². The molecular weight excluding hydrogens is 536 g/mol. The van der Waals surface area contributed by atoms with Crippen molar-refractivity contribution in [3.05, 3.63) is 132 Å². The van der Waals surface area contributed by atoms with Crippen molar-refractivity contribution < 1.29 is 19.0 Å². The average Bonchev–Trinajstić information content (AvgIpc) is 3.02. The van der Waals surface area contributed by atoms with E-state index >= 15 is 0 Å². The average molecular weight is 583 g/mol. The predicted octanol–water partition coefficient (Wildman–Crippen LogP) is 6.89. The zero-order valence-electron chi connectivity index (χ0n) is 25.5. The number of aliphatic hydroxyl groups excluding tert-OH is 1. The van der Waals surface area contributed by atoms with Gasteiger partial charge >= 0.3 is 0 Å². The number of hydrogen-bond donors (Lipinski definition) is 1. The molecule has 4 nitrogen and oxygen atoms in total. The molecule has 3 unspecified atom stereocenters.